The van der Waals surface area contributed by atoms with Crippen LogP contribution in [0.1, 0.15) is 88.2 Å². The third-order valence-corrected chi connectivity index (χ3v) is 12.7. The topological polar surface area (TPSA) is 70.5 Å². The summed E-state index contributed by atoms with van der Waals surface area (Å²) < 4.78 is 44.4. The molecule has 6 heteroatoms. The van der Waals surface area contributed by atoms with Gasteiger partial charge in [-0.25, -0.2) is 8.78 Å². The predicted molar refractivity (Wildman–Crippen MR) is 168 cm³/mol. The summed E-state index contributed by atoms with van der Waals surface area (Å²) in [6.07, 6.45) is 14.5. The smallest absolute Gasteiger partial charge is 0.174 e. The second-order valence-corrected chi connectivity index (χ2v) is 15.8. The van der Waals surface area contributed by atoms with Crippen molar-refractivity contribution in [1.82, 2.24) is 0 Å². The van der Waals surface area contributed by atoms with Crippen LogP contribution in [0.2, 0.25) is 0 Å². The Bertz CT molecular complexity index is 1460. The van der Waals surface area contributed by atoms with Crippen LogP contribution < -0.4 is 20.9 Å². The molecule has 4 N–H and O–H groups in total. The molecular weight excluding hydrogens is 554 g/mol. The zero-order valence-electron chi connectivity index (χ0n) is 25.3. The SMILES string of the molecule is Nc1ccc(F)c(Oc2c(C34CC5CC(CC(C5)C3)C4)ccc(C34CC5CC(CC(C5)C3)C4)c2Oc2cc(N)ccc2F)c1. The maximum atomic E-state index is 15.4. The summed E-state index contributed by atoms with van der Waals surface area (Å²) in [6, 6.07) is 13.5. The van der Waals surface area contributed by atoms with Crippen molar-refractivity contribution in [3.8, 4) is 23.0 Å². The average molecular weight is 597 g/mol. The molecule has 230 valence electrons. The van der Waals surface area contributed by atoms with E-state index in [1.54, 1.807) is 24.3 Å². The van der Waals surface area contributed by atoms with E-state index in [1.165, 1.54) is 50.7 Å². The average Bonchev–Trinajstić information content (AvgIpc) is 2.96. The van der Waals surface area contributed by atoms with Gasteiger partial charge < -0.3 is 20.9 Å². The van der Waals surface area contributed by atoms with Crippen molar-refractivity contribution in [3.05, 3.63) is 71.3 Å². The van der Waals surface area contributed by atoms with E-state index in [0.29, 0.717) is 58.4 Å². The van der Waals surface area contributed by atoms with Gasteiger partial charge in [0, 0.05) is 34.6 Å². The molecule has 0 unspecified atom stereocenters. The first-order valence-electron chi connectivity index (χ1n) is 16.9. The number of benzene rings is 3. The minimum atomic E-state index is -0.475. The van der Waals surface area contributed by atoms with E-state index in [0.717, 1.165) is 49.7 Å². The fourth-order valence-electron chi connectivity index (χ4n) is 11.9. The Morgan fingerprint density at radius 1 is 0.500 bits per heavy atom. The molecule has 8 aliphatic rings. The normalized spacial score (nSPS) is 36.1. The molecule has 8 saturated carbocycles. The summed E-state index contributed by atoms with van der Waals surface area (Å²) in [5.74, 6) is 4.54. The monoisotopic (exact) mass is 596 g/mol. The molecule has 8 aliphatic carbocycles. The lowest BCUT2D eigenvalue weighted by molar-refractivity contribution is -0.00836. The van der Waals surface area contributed by atoms with Gasteiger partial charge in [-0.1, -0.05) is 12.1 Å². The van der Waals surface area contributed by atoms with Crippen LogP contribution in [0.4, 0.5) is 20.2 Å². The largest absolute Gasteiger partial charge is 0.450 e. The van der Waals surface area contributed by atoms with Gasteiger partial charge in [-0.3, -0.25) is 0 Å². The Hall–Kier alpha value is -3.28. The molecule has 0 aromatic heterocycles. The fourth-order valence-corrected chi connectivity index (χ4v) is 11.9. The molecule has 4 nitrogen and oxygen atoms in total. The summed E-state index contributed by atoms with van der Waals surface area (Å²) in [7, 11) is 0. The molecule has 8 bridgehead atoms. The van der Waals surface area contributed by atoms with Crippen molar-refractivity contribution in [1.29, 1.82) is 0 Å². The molecule has 44 heavy (non-hydrogen) atoms. The van der Waals surface area contributed by atoms with E-state index in [-0.39, 0.29) is 22.3 Å². The Balaban J connectivity index is 1.28. The van der Waals surface area contributed by atoms with Crippen LogP contribution in [0, 0.1) is 47.1 Å². The standard InChI is InChI=1S/C38H42F2N2O2/c39-31-5-1-27(41)13-33(31)43-35-29(37-15-21-7-22(16-37)9-23(8-21)17-37)3-4-30(36(35)44-34-14-28(42)2-6-32(34)40)38-18-24-10-25(19-38)12-26(11-24)20-38/h1-6,13-14,21-26H,7-12,15-20,41-42H2. The number of halogens is 2. The molecule has 0 heterocycles. The number of nitrogen functional groups attached to an aromatic ring is 2. The number of hydrogen-bond acceptors (Lipinski definition) is 4. The zero-order chi connectivity index (χ0) is 29.8. The lowest BCUT2D eigenvalue weighted by Crippen LogP contribution is -2.49. The lowest BCUT2D eigenvalue weighted by atomic mass is 9.47. The zero-order valence-corrected chi connectivity index (χ0v) is 25.3. The Kier molecular flexibility index (Phi) is 5.91. The molecule has 11 rings (SSSR count). The number of nitrogens with two attached hydrogens (primary N) is 2. The lowest BCUT2D eigenvalue weighted by Gasteiger charge is -2.58. The van der Waals surface area contributed by atoms with Crippen LogP contribution in [0.25, 0.3) is 0 Å². The van der Waals surface area contributed by atoms with Crippen molar-refractivity contribution in [2.75, 3.05) is 11.5 Å². The summed E-state index contributed by atoms with van der Waals surface area (Å²) in [5.41, 5.74) is 15.2. The number of ether oxygens (including phenoxy) is 2. The van der Waals surface area contributed by atoms with E-state index in [4.69, 9.17) is 20.9 Å². The van der Waals surface area contributed by atoms with Gasteiger partial charge in [0.25, 0.3) is 0 Å². The molecule has 0 aliphatic heterocycles. The van der Waals surface area contributed by atoms with Crippen LogP contribution in [0.3, 0.4) is 0 Å². The summed E-state index contributed by atoms with van der Waals surface area (Å²) in [5, 5.41) is 0. The molecule has 3 aromatic carbocycles. The molecular formula is C38H42F2N2O2. The number of hydrogen-bond donors (Lipinski definition) is 2. The van der Waals surface area contributed by atoms with Crippen molar-refractivity contribution in [2.45, 2.75) is 87.9 Å². The second kappa shape index (κ2) is 9.61. The highest BCUT2D eigenvalue weighted by molar-refractivity contribution is 5.62. The Morgan fingerprint density at radius 2 is 0.818 bits per heavy atom. The minimum Gasteiger partial charge on any atom is -0.450 e. The highest BCUT2D eigenvalue weighted by Crippen LogP contribution is 2.66. The highest BCUT2D eigenvalue weighted by atomic mass is 19.1. The molecule has 3 aromatic rings. The summed E-state index contributed by atoms with van der Waals surface area (Å²) in [6.45, 7) is 0. The Morgan fingerprint density at radius 3 is 1.14 bits per heavy atom. The van der Waals surface area contributed by atoms with Gasteiger partial charge in [0.1, 0.15) is 0 Å². The van der Waals surface area contributed by atoms with E-state index >= 15 is 8.78 Å². The first-order chi connectivity index (χ1) is 21.2. The molecule has 0 spiro atoms. The van der Waals surface area contributed by atoms with Crippen molar-refractivity contribution >= 4 is 11.4 Å². The van der Waals surface area contributed by atoms with Crippen LogP contribution in [-0.4, -0.2) is 0 Å². The van der Waals surface area contributed by atoms with E-state index in [2.05, 4.69) is 12.1 Å². The predicted octanol–water partition coefficient (Wildman–Crippen LogP) is 9.65. The van der Waals surface area contributed by atoms with E-state index < -0.39 is 11.6 Å². The number of anilines is 2. The summed E-state index contributed by atoms with van der Waals surface area (Å²) in [4.78, 5) is 0. The van der Waals surface area contributed by atoms with Gasteiger partial charge in [0.15, 0.2) is 34.6 Å². The van der Waals surface area contributed by atoms with Gasteiger partial charge >= 0.3 is 0 Å². The highest BCUT2D eigenvalue weighted by Gasteiger charge is 2.56. The first-order valence-corrected chi connectivity index (χ1v) is 16.9. The molecule has 0 amide bonds. The second-order valence-electron chi connectivity index (χ2n) is 15.8. The van der Waals surface area contributed by atoms with Crippen molar-refractivity contribution in [2.24, 2.45) is 35.5 Å². The van der Waals surface area contributed by atoms with Gasteiger partial charge in [-0.05, 0) is 148 Å². The quantitative estimate of drug-likeness (QED) is 0.278. The van der Waals surface area contributed by atoms with Crippen LogP contribution in [-0.2, 0) is 10.8 Å². The van der Waals surface area contributed by atoms with Gasteiger partial charge in [-0.2, -0.15) is 0 Å². The van der Waals surface area contributed by atoms with E-state index in [9.17, 15) is 0 Å². The third kappa shape index (κ3) is 4.26. The molecule has 0 saturated heterocycles. The van der Waals surface area contributed by atoms with Crippen LogP contribution in [0.5, 0.6) is 23.0 Å². The van der Waals surface area contributed by atoms with Crippen LogP contribution in [0.15, 0.2) is 48.5 Å². The van der Waals surface area contributed by atoms with Crippen molar-refractivity contribution < 1.29 is 18.3 Å². The molecule has 0 radical (unpaired) electrons. The van der Waals surface area contributed by atoms with Gasteiger partial charge in [0.05, 0.1) is 0 Å². The minimum absolute atomic E-state index is 0.0622. The van der Waals surface area contributed by atoms with Gasteiger partial charge in [-0.15, -0.1) is 0 Å². The maximum absolute atomic E-state index is 15.4. The third-order valence-electron chi connectivity index (χ3n) is 12.7. The van der Waals surface area contributed by atoms with E-state index in [1.807, 2.05) is 0 Å². The summed E-state index contributed by atoms with van der Waals surface area (Å²) >= 11 is 0. The molecule has 8 fully saturated rings. The van der Waals surface area contributed by atoms with Crippen molar-refractivity contribution in [3.63, 3.8) is 0 Å². The maximum Gasteiger partial charge on any atom is 0.174 e. The molecule has 0 atom stereocenters. The first kappa shape index (κ1) is 27.1. The van der Waals surface area contributed by atoms with Crippen LogP contribution >= 0.6 is 0 Å². The van der Waals surface area contributed by atoms with Gasteiger partial charge in [0.2, 0.25) is 0 Å². The Labute approximate surface area is 258 Å². The number of rotatable bonds is 6. The fraction of sp³-hybridized carbons (Fsp3) is 0.526.